The Morgan fingerprint density at radius 2 is 2.15 bits per heavy atom. The summed E-state index contributed by atoms with van der Waals surface area (Å²) in [6, 6.07) is 3.95. The largest absolute Gasteiger partial charge is 0.469 e. The molecule has 2 aliphatic rings. The number of methoxy groups -OCH3 is 1. The van der Waals surface area contributed by atoms with Crippen LogP contribution in [0.2, 0.25) is 4.34 Å². The molecular formula is C26H36ClFO4S. The summed E-state index contributed by atoms with van der Waals surface area (Å²) < 4.78 is 19.9. The van der Waals surface area contributed by atoms with Gasteiger partial charge in [0.05, 0.1) is 23.7 Å². The molecule has 4 nitrogen and oxygen atoms in total. The predicted octanol–water partition coefficient (Wildman–Crippen LogP) is 6.05. The molecule has 0 amide bonds. The van der Waals surface area contributed by atoms with Crippen molar-refractivity contribution in [2.75, 3.05) is 7.11 Å². The maximum Gasteiger partial charge on any atom is 0.305 e. The highest BCUT2D eigenvalue weighted by atomic mass is 35.5. The van der Waals surface area contributed by atoms with E-state index < -0.39 is 18.4 Å². The SMILES string of the molecule is COC(=O)CCC/C=C/CC1C(F)CC(O)C1/C=C/CC(O)C1(Cc2ccc(Cl)s2)CCC1. The molecule has 0 bridgehead atoms. The Kier molecular flexibility index (Phi) is 9.98. The van der Waals surface area contributed by atoms with Crippen LogP contribution in [0, 0.1) is 17.3 Å². The van der Waals surface area contributed by atoms with Gasteiger partial charge >= 0.3 is 5.97 Å². The second-order valence-electron chi connectivity index (χ2n) is 9.51. The topological polar surface area (TPSA) is 66.8 Å². The molecule has 1 heterocycles. The monoisotopic (exact) mass is 498 g/mol. The number of aliphatic hydroxyl groups is 2. The van der Waals surface area contributed by atoms with Gasteiger partial charge in [-0.1, -0.05) is 42.3 Å². The third kappa shape index (κ3) is 7.14. The summed E-state index contributed by atoms with van der Waals surface area (Å²) in [6.07, 6.45) is 12.6. The first-order valence-corrected chi connectivity index (χ1v) is 13.2. The average Bonchev–Trinajstić information content (AvgIpc) is 3.28. The summed E-state index contributed by atoms with van der Waals surface area (Å²) in [5.74, 6) is -0.738. The highest BCUT2D eigenvalue weighted by Gasteiger charge is 2.44. The standard InChI is InChI=1S/C26H36ClFO4S/c1-32-25(31)11-5-3-2-4-8-19-20(22(29)16-21(19)28)9-6-10-23(30)26(14-7-15-26)17-18-12-13-24(27)33-18/h2,4,6,9,12-13,19-23,29-30H,3,5,7-8,10-11,14-17H2,1H3/b4-2+,9-6+. The number of unbranched alkanes of at least 4 members (excludes halogenated alkanes) is 1. The van der Waals surface area contributed by atoms with Crippen molar-refractivity contribution in [1.29, 1.82) is 0 Å². The van der Waals surface area contributed by atoms with E-state index in [2.05, 4.69) is 4.74 Å². The Hall–Kier alpha value is -1.21. The van der Waals surface area contributed by atoms with Crippen molar-refractivity contribution in [1.82, 2.24) is 0 Å². The zero-order valence-electron chi connectivity index (χ0n) is 19.3. The van der Waals surface area contributed by atoms with Crippen LogP contribution in [0.4, 0.5) is 4.39 Å². The zero-order chi connectivity index (χ0) is 23.8. The lowest BCUT2D eigenvalue weighted by Gasteiger charge is -2.45. The summed E-state index contributed by atoms with van der Waals surface area (Å²) in [4.78, 5) is 12.3. The number of rotatable bonds is 12. The number of esters is 1. The van der Waals surface area contributed by atoms with E-state index in [0.29, 0.717) is 25.7 Å². The Balaban J connectivity index is 1.50. The highest BCUT2D eigenvalue weighted by molar-refractivity contribution is 7.16. The lowest BCUT2D eigenvalue weighted by Crippen LogP contribution is -2.42. The van der Waals surface area contributed by atoms with E-state index in [0.717, 1.165) is 36.4 Å². The Labute approximate surface area is 205 Å². The maximum atomic E-state index is 14.6. The van der Waals surface area contributed by atoms with Gasteiger partial charge in [0.1, 0.15) is 6.17 Å². The Bertz CT molecular complexity index is 819. The fourth-order valence-corrected chi connectivity index (χ4v) is 6.41. The number of carbonyl (C=O) groups excluding carboxylic acids is 1. The minimum absolute atomic E-state index is 0.109. The summed E-state index contributed by atoms with van der Waals surface area (Å²) >= 11 is 7.65. The Morgan fingerprint density at radius 3 is 2.79 bits per heavy atom. The molecule has 33 heavy (non-hydrogen) atoms. The third-order valence-corrected chi connectivity index (χ3v) is 8.58. The van der Waals surface area contributed by atoms with Crippen LogP contribution in [-0.4, -0.2) is 41.7 Å². The molecule has 2 saturated carbocycles. The maximum absolute atomic E-state index is 14.6. The number of alkyl halides is 1. The number of allylic oxidation sites excluding steroid dienone is 2. The van der Waals surface area contributed by atoms with Crippen LogP contribution in [0.1, 0.15) is 62.7 Å². The summed E-state index contributed by atoms with van der Waals surface area (Å²) in [7, 11) is 1.38. The van der Waals surface area contributed by atoms with E-state index >= 15 is 0 Å². The van der Waals surface area contributed by atoms with E-state index in [1.54, 1.807) is 11.3 Å². The lowest BCUT2D eigenvalue weighted by atomic mass is 9.62. The third-order valence-electron chi connectivity index (χ3n) is 7.35. The number of hydrogen-bond donors (Lipinski definition) is 2. The molecular weight excluding hydrogens is 463 g/mol. The molecule has 7 heteroatoms. The molecule has 0 aliphatic heterocycles. The molecule has 0 saturated heterocycles. The second-order valence-corrected chi connectivity index (χ2v) is 11.3. The van der Waals surface area contributed by atoms with Crippen molar-refractivity contribution in [3.63, 3.8) is 0 Å². The molecule has 5 atom stereocenters. The number of halogens is 2. The van der Waals surface area contributed by atoms with Crippen LogP contribution in [0.15, 0.2) is 36.4 Å². The summed E-state index contributed by atoms with van der Waals surface area (Å²) in [5.41, 5.74) is -0.109. The van der Waals surface area contributed by atoms with E-state index in [1.807, 2.05) is 36.4 Å². The minimum atomic E-state index is -1.04. The van der Waals surface area contributed by atoms with Crippen LogP contribution < -0.4 is 0 Å². The molecule has 5 unspecified atom stereocenters. The van der Waals surface area contributed by atoms with Gasteiger partial charge in [-0.05, 0) is 57.1 Å². The molecule has 0 aromatic carbocycles. The van der Waals surface area contributed by atoms with Crippen LogP contribution >= 0.6 is 22.9 Å². The predicted molar refractivity (Wildman–Crippen MR) is 131 cm³/mol. The van der Waals surface area contributed by atoms with E-state index in [-0.39, 0.29) is 29.6 Å². The Morgan fingerprint density at radius 1 is 1.36 bits per heavy atom. The summed E-state index contributed by atoms with van der Waals surface area (Å²) in [6.45, 7) is 0. The van der Waals surface area contributed by atoms with Gasteiger partial charge in [0.2, 0.25) is 0 Å². The molecule has 2 fully saturated rings. The van der Waals surface area contributed by atoms with Gasteiger partial charge in [-0.25, -0.2) is 4.39 Å². The average molecular weight is 499 g/mol. The zero-order valence-corrected chi connectivity index (χ0v) is 20.9. The molecule has 2 N–H and O–H groups in total. The van der Waals surface area contributed by atoms with Crippen molar-refractivity contribution < 1.29 is 24.1 Å². The first-order valence-electron chi connectivity index (χ1n) is 12.0. The van der Waals surface area contributed by atoms with Crippen molar-refractivity contribution in [2.24, 2.45) is 17.3 Å². The highest BCUT2D eigenvalue weighted by Crippen LogP contribution is 2.48. The van der Waals surface area contributed by atoms with Crippen molar-refractivity contribution in [3.05, 3.63) is 45.7 Å². The fourth-order valence-electron chi connectivity index (χ4n) is 5.17. The lowest BCUT2D eigenvalue weighted by molar-refractivity contribution is -0.140. The van der Waals surface area contributed by atoms with Gasteiger partial charge < -0.3 is 14.9 Å². The molecule has 1 aromatic rings. The quantitative estimate of drug-likeness (QED) is 0.209. The van der Waals surface area contributed by atoms with E-state index in [4.69, 9.17) is 11.6 Å². The van der Waals surface area contributed by atoms with Crippen molar-refractivity contribution in [3.8, 4) is 0 Å². The van der Waals surface area contributed by atoms with Crippen molar-refractivity contribution >= 4 is 28.9 Å². The molecule has 1 aromatic heterocycles. The number of hydrogen-bond acceptors (Lipinski definition) is 5. The van der Waals surface area contributed by atoms with Crippen LogP contribution in [0.25, 0.3) is 0 Å². The van der Waals surface area contributed by atoms with E-state index in [9.17, 15) is 19.4 Å². The van der Waals surface area contributed by atoms with Gasteiger partial charge in [0.15, 0.2) is 0 Å². The number of thiophene rings is 1. The molecule has 0 spiro atoms. The smallest absolute Gasteiger partial charge is 0.305 e. The van der Waals surface area contributed by atoms with Gasteiger partial charge in [0.25, 0.3) is 0 Å². The van der Waals surface area contributed by atoms with Crippen LogP contribution in [-0.2, 0) is 16.0 Å². The van der Waals surface area contributed by atoms with Crippen LogP contribution in [0.5, 0.6) is 0 Å². The molecule has 0 radical (unpaired) electrons. The normalized spacial score (nSPS) is 27.8. The minimum Gasteiger partial charge on any atom is -0.469 e. The second kappa shape index (κ2) is 12.5. The molecule has 2 aliphatic carbocycles. The first-order chi connectivity index (χ1) is 15.8. The van der Waals surface area contributed by atoms with Gasteiger partial charge in [-0.15, -0.1) is 11.3 Å². The molecule has 184 valence electrons. The summed E-state index contributed by atoms with van der Waals surface area (Å²) in [5, 5.41) is 21.4. The fraction of sp³-hybridized carbons (Fsp3) is 0.654. The van der Waals surface area contributed by atoms with Gasteiger partial charge in [-0.3, -0.25) is 4.79 Å². The van der Waals surface area contributed by atoms with Crippen molar-refractivity contribution in [2.45, 2.75) is 82.6 Å². The molecule has 3 rings (SSSR count). The van der Waals surface area contributed by atoms with Crippen LogP contribution in [0.3, 0.4) is 0 Å². The van der Waals surface area contributed by atoms with Gasteiger partial charge in [-0.2, -0.15) is 0 Å². The first kappa shape index (κ1) is 26.4. The number of ether oxygens (including phenoxy) is 1. The van der Waals surface area contributed by atoms with E-state index in [1.165, 1.54) is 12.0 Å². The number of aliphatic hydroxyl groups excluding tert-OH is 2. The van der Waals surface area contributed by atoms with Gasteiger partial charge in [0, 0.05) is 35.0 Å². The number of carbonyl (C=O) groups is 1.